The lowest BCUT2D eigenvalue weighted by Crippen LogP contribution is -2.31. The molecule has 0 unspecified atom stereocenters. The molecule has 0 spiro atoms. The Hall–Kier alpha value is -2.21. The molecule has 0 fully saturated rings. The molecular weight excluding hydrogens is 322 g/mol. The first-order valence-electron chi connectivity index (χ1n) is 8.01. The second kappa shape index (κ2) is 8.06. The van der Waals surface area contributed by atoms with Crippen molar-refractivity contribution in [1.82, 2.24) is 4.98 Å². The highest BCUT2D eigenvalue weighted by atomic mass is 32.2. The Morgan fingerprint density at radius 1 is 1.17 bits per heavy atom. The summed E-state index contributed by atoms with van der Waals surface area (Å²) in [6, 6.07) is 12.3. The maximum Gasteiger partial charge on any atom is 0.283 e. The van der Waals surface area contributed by atoms with Crippen LogP contribution < -0.4 is 4.90 Å². The number of hydrogen-bond donors (Lipinski definition) is 0. The van der Waals surface area contributed by atoms with Crippen LogP contribution in [0, 0.1) is 6.92 Å². The van der Waals surface area contributed by atoms with Crippen LogP contribution >= 0.6 is 0 Å². The fourth-order valence-corrected chi connectivity index (χ4v) is 3.29. The number of amidine groups is 1. The van der Waals surface area contributed by atoms with E-state index in [1.807, 2.05) is 30.0 Å². The van der Waals surface area contributed by atoms with Crippen LogP contribution in [0.4, 0.5) is 5.82 Å². The van der Waals surface area contributed by atoms with Crippen LogP contribution in [0.3, 0.4) is 0 Å². The van der Waals surface area contributed by atoms with Crippen molar-refractivity contribution in [2.24, 2.45) is 4.40 Å². The van der Waals surface area contributed by atoms with Crippen molar-refractivity contribution in [2.75, 3.05) is 11.4 Å². The van der Waals surface area contributed by atoms with Gasteiger partial charge in [0.25, 0.3) is 10.0 Å². The van der Waals surface area contributed by atoms with E-state index < -0.39 is 10.0 Å². The van der Waals surface area contributed by atoms with Gasteiger partial charge in [0.15, 0.2) is 0 Å². The van der Waals surface area contributed by atoms with Gasteiger partial charge in [0.1, 0.15) is 11.7 Å². The van der Waals surface area contributed by atoms with E-state index in [9.17, 15) is 8.42 Å². The summed E-state index contributed by atoms with van der Waals surface area (Å²) < 4.78 is 29.1. The minimum atomic E-state index is -3.74. The highest BCUT2D eigenvalue weighted by Crippen LogP contribution is 2.17. The van der Waals surface area contributed by atoms with Gasteiger partial charge in [-0.2, -0.15) is 8.42 Å². The first-order valence-corrected chi connectivity index (χ1v) is 9.45. The van der Waals surface area contributed by atoms with Crippen LogP contribution in [0.2, 0.25) is 0 Å². The zero-order valence-corrected chi connectivity index (χ0v) is 15.1. The fraction of sp³-hybridized carbons (Fsp3) is 0.333. The summed E-state index contributed by atoms with van der Waals surface area (Å²) in [6.07, 6.45) is 3.62. The first kappa shape index (κ1) is 18.1. The lowest BCUT2D eigenvalue weighted by molar-refractivity contribution is 0.598. The summed E-state index contributed by atoms with van der Waals surface area (Å²) in [7, 11) is -3.74. The van der Waals surface area contributed by atoms with E-state index in [2.05, 4.69) is 16.3 Å². The third-order valence-corrected chi connectivity index (χ3v) is 5.00. The van der Waals surface area contributed by atoms with Crippen LogP contribution in [-0.2, 0) is 10.0 Å². The molecule has 6 heteroatoms. The molecule has 0 aliphatic heterocycles. The molecule has 0 atom stereocenters. The number of hydrogen-bond acceptors (Lipinski definition) is 3. The van der Waals surface area contributed by atoms with E-state index >= 15 is 0 Å². The first-order chi connectivity index (χ1) is 11.4. The predicted molar refractivity (Wildman–Crippen MR) is 98.0 cm³/mol. The van der Waals surface area contributed by atoms with Crippen LogP contribution in [0.1, 0.15) is 32.3 Å². The lowest BCUT2D eigenvalue weighted by atomic mass is 10.2. The summed E-state index contributed by atoms with van der Waals surface area (Å²) >= 11 is 0. The molecule has 0 bridgehead atoms. The van der Waals surface area contributed by atoms with Crippen molar-refractivity contribution < 1.29 is 8.42 Å². The van der Waals surface area contributed by atoms with E-state index in [0.29, 0.717) is 18.2 Å². The summed E-state index contributed by atoms with van der Waals surface area (Å²) in [5.41, 5.74) is 1.01. The Morgan fingerprint density at radius 3 is 2.46 bits per heavy atom. The van der Waals surface area contributed by atoms with Crippen molar-refractivity contribution in [3.8, 4) is 0 Å². The maximum atomic E-state index is 12.5. The number of nitrogens with zero attached hydrogens (tertiary/aromatic N) is 3. The van der Waals surface area contributed by atoms with Crippen molar-refractivity contribution in [2.45, 2.75) is 38.5 Å². The largest absolute Gasteiger partial charge is 0.314 e. The zero-order chi connectivity index (χ0) is 17.6. The van der Waals surface area contributed by atoms with Gasteiger partial charge in [-0.3, -0.25) is 0 Å². The van der Waals surface area contributed by atoms with Crippen LogP contribution in [0.15, 0.2) is 58.0 Å². The lowest BCUT2D eigenvalue weighted by Gasteiger charge is -2.22. The quantitative estimate of drug-likeness (QED) is 0.590. The van der Waals surface area contributed by atoms with E-state index in [-0.39, 0.29) is 4.90 Å². The van der Waals surface area contributed by atoms with Crippen molar-refractivity contribution in [3.63, 3.8) is 0 Å². The second-order valence-electron chi connectivity index (χ2n) is 5.62. The molecule has 0 saturated carbocycles. The molecular formula is C18H23N3O2S. The number of sulfonamides is 1. The van der Waals surface area contributed by atoms with Crippen molar-refractivity contribution in [3.05, 3.63) is 54.2 Å². The van der Waals surface area contributed by atoms with Gasteiger partial charge in [0.2, 0.25) is 0 Å². The smallest absolute Gasteiger partial charge is 0.283 e. The highest BCUT2D eigenvalue weighted by Gasteiger charge is 2.17. The number of benzene rings is 1. The summed E-state index contributed by atoms with van der Waals surface area (Å²) in [5.74, 6) is 1.12. The standard InChI is InChI=1S/C18H23N3O2S/c1-4-5-14-21(18-8-6-7-13-19-18)16(3)20-24(22,23)17-11-9-15(2)10-12-17/h6-13H,4-5,14H2,1-3H3. The molecule has 0 radical (unpaired) electrons. The molecule has 1 aromatic heterocycles. The molecule has 2 rings (SSSR count). The predicted octanol–water partition coefficient (Wildman–Crippen LogP) is 3.80. The third-order valence-electron chi connectivity index (χ3n) is 3.62. The molecule has 24 heavy (non-hydrogen) atoms. The number of aryl methyl sites for hydroxylation is 1. The summed E-state index contributed by atoms with van der Waals surface area (Å²) in [5, 5.41) is 0. The minimum Gasteiger partial charge on any atom is -0.314 e. The SMILES string of the molecule is CCCCN(C(C)=NS(=O)(=O)c1ccc(C)cc1)c1ccccn1. The minimum absolute atomic E-state index is 0.198. The zero-order valence-electron chi connectivity index (χ0n) is 14.3. The molecule has 0 aliphatic carbocycles. The number of anilines is 1. The average Bonchev–Trinajstić information content (AvgIpc) is 2.56. The Bertz CT molecular complexity index is 785. The molecule has 0 amide bonds. The van der Waals surface area contributed by atoms with Gasteiger partial charge < -0.3 is 4.90 Å². The number of unbranched alkanes of at least 4 members (excludes halogenated alkanes) is 1. The van der Waals surface area contributed by atoms with E-state index in [4.69, 9.17) is 0 Å². The topological polar surface area (TPSA) is 62.6 Å². The van der Waals surface area contributed by atoms with E-state index in [1.165, 1.54) is 0 Å². The van der Waals surface area contributed by atoms with Gasteiger partial charge in [-0.25, -0.2) is 4.98 Å². The van der Waals surface area contributed by atoms with Gasteiger partial charge in [0, 0.05) is 12.7 Å². The highest BCUT2D eigenvalue weighted by molar-refractivity contribution is 7.90. The molecule has 0 N–H and O–H groups in total. The van der Waals surface area contributed by atoms with Crippen LogP contribution in [-0.4, -0.2) is 25.8 Å². The van der Waals surface area contributed by atoms with Gasteiger partial charge in [-0.15, -0.1) is 4.40 Å². The Morgan fingerprint density at radius 2 is 1.88 bits per heavy atom. The monoisotopic (exact) mass is 345 g/mol. The molecule has 2 aromatic rings. The average molecular weight is 345 g/mol. The van der Waals surface area contributed by atoms with Gasteiger partial charge in [-0.05, 0) is 44.5 Å². The van der Waals surface area contributed by atoms with Gasteiger partial charge >= 0.3 is 0 Å². The Labute approximate surface area is 144 Å². The summed E-state index contributed by atoms with van der Waals surface area (Å²) in [6.45, 7) is 6.38. The molecule has 0 aliphatic rings. The molecule has 0 saturated heterocycles. The third kappa shape index (κ3) is 4.64. The molecule has 1 aromatic carbocycles. The van der Waals surface area contributed by atoms with E-state index in [1.54, 1.807) is 37.4 Å². The Balaban J connectivity index is 2.35. The number of aromatic nitrogens is 1. The van der Waals surface area contributed by atoms with Crippen LogP contribution in [0.5, 0.6) is 0 Å². The van der Waals surface area contributed by atoms with E-state index in [0.717, 1.165) is 18.4 Å². The number of pyridine rings is 1. The van der Waals surface area contributed by atoms with Crippen molar-refractivity contribution in [1.29, 1.82) is 0 Å². The fourth-order valence-electron chi connectivity index (χ4n) is 2.26. The summed E-state index contributed by atoms with van der Waals surface area (Å²) in [4.78, 5) is 6.36. The number of rotatable bonds is 6. The molecule has 1 heterocycles. The van der Waals surface area contributed by atoms with Gasteiger partial charge in [-0.1, -0.05) is 37.1 Å². The van der Waals surface area contributed by atoms with Gasteiger partial charge in [0.05, 0.1) is 4.90 Å². The van der Waals surface area contributed by atoms with Crippen LogP contribution in [0.25, 0.3) is 0 Å². The normalized spacial score (nSPS) is 12.2. The molecule has 5 nitrogen and oxygen atoms in total. The van der Waals surface area contributed by atoms with Crippen molar-refractivity contribution >= 4 is 21.7 Å². The maximum absolute atomic E-state index is 12.5. The second-order valence-corrected chi connectivity index (χ2v) is 7.22. The molecule has 128 valence electrons. The Kier molecular flexibility index (Phi) is 6.09.